The van der Waals surface area contributed by atoms with E-state index in [1.807, 2.05) is 43.0 Å². The quantitative estimate of drug-likeness (QED) is 0.596. The van der Waals surface area contributed by atoms with Crippen LogP contribution in [0.15, 0.2) is 53.4 Å². The second kappa shape index (κ2) is 10.4. The zero-order valence-corrected chi connectivity index (χ0v) is 17.2. The summed E-state index contributed by atoms with van der Waals surface area (Å²) >= 11 is 1.91. The van der Waals surface area contributed by atoms with Crippen molar-refractivity contribution in [1.82, 2.24) is 0 Å². The van der Waals surface area contributed by atoms with Gasteiger partial charge in [-0.15, -0.1) is 11.8 Å². The number of thioether (sulfide) groups is 1. The van der Waals surface area contributed by atoms with Gasteiger partial charge in [-0.1, -0.05) is 24.3 Å². The molecule has 0 N–H and O–H groups in total. The summed E-state index contributed by atoms with van der Waals surface area (Å²) in [5.41, 5.74) is 2.31. The minimum Gasteiger partial charge on any atom is -0.492 e. The fourth-order valence-electron chi connectivity index (χ4n) is 3.21. The maximum atomic E-state index is 11.8. The van der Waals surface area contributed by atoms with Gasteiger partial charge in [-0.05, 0) is 36.8 Å². The first-order valence-electron chi connectivity index (χ1n) is 9.59. The number of carbonyl (C=O) groups is 1. The fraction of sp³-hybridized carbons (Fsp3) is 0.409. The number of carbonyl (C=O) groups excluding carboxylic acids is 1. The predicted molar refractivity (Wildman–Crippen MR) is 112 cm³/mol. The van der Waals surface area contributed by atoms with Crippen molar-refractivity contribution in [3.05, 3.63) is 54.1 Å². The lowest BCUT2D eigenvalue weighted by atomic mass is 10.1. The molecule has 3 rings (SSSR count). The zero-order valence-electron chi connectivity index (χ0n) is 16.4. The first kappa shape index (κ1) is 20.6. The van der Waals surface area contributed by atoms with E-state index in [1.165, 1.54) is 17.7 Å². The SMILES string of the molecule is CCOC(Cc1ccc(OCCN2CCSc3ccccc32)cc1)C(=O)OC. The van der Waals surface area contributed by atoms with Gasteiger partial charge in [-0.2, -0.15) is 0 Å². The molecule has 0 aliphatic carbocycles. The van der Waals surface area contributed by atoms with E-state index in [-0.39, 0.29) is 5.97 Å². The molecule has 0 radical (unpaired) electrons. The molecule has 0 spiro atoms. The van der Waals surface area contributed by atoms with Crippen LogP contribution in [0.25, 0.3) is 0 Å². The van der Waals surface area contributed by atoms with Crippen molar-refractivity contribution in [3.63, 3.8) is 0 Å². The van der Waals surface area contributed by atoms with Gasteiger partial charge < -0.3 is 19.1 Å². The van der Waals surface area contributed by atoms with E-state index < -0.39 is 6.10 Å². The summed E-state index contributed by atoms with van der Waals surface area (Å²) in [6.07, 6.45) is -0.0814. The number of benzene rings is 2. The highest BCUT2D eigenvalue weighted by molar-refractivity contribution is 7.99. The number of para-hydroxylation sites is 1. The maximum absolute atomic E-state index is 11.8. The molecule has 1 heterocycles. The van der Waals surface area contributed by atoms with Crippen molar-refractivity contribution >= 4 is 23.4 Å². The van der Waals surface area contributed by atoms with Crippen LogP contribution in [0.4, 0.5) is 5.69 Å². The van der Waals surface area contributed by atoms with Crippen LogP contribution < -0.4 is 9.64 Å². The van der Waals surface area contributed by atoms with Gasteiger partial charge in [0.25, 0.3) is 0 Å². The average molecular weight is 402 g/mol. The Hall–Kier alpha value is -2.18. The van der Waals surface area contributed by atoms with E-state index >= 15 is 0 Å². The summed E-state index contributed by atoms with van der Waals surface area (Å²) < 4.78 is 16.2. The Morgan fingerprint density at radius 2 is 1.96 bits per heavy atom. The average Bonchev–Trinajstić information content (AvgIpc) is 2.74. The number of esters is 1. The molecule has 0 saturated heterocycles. The Kier molecular flexibility index (Phi) is 7.62. The largest absolute Gasteiger partial charge is 0.492 e. The molecule has 150 valence electrons. The van der Waals surface area contributed by atoms with Crippen LogP contribution in [0.1, 0.15) is 12.5 Å². The molecule has 1 unspecified atom stereocenters. The van der Waals surface area contributed by atoms with Crippen LogP contribution in [0.3, 0.4) is 0 Å². The Labute approximate surface area is 171 Å². The normalized spacial score (nSPS) is 14.3. The molecular formula is C22H27NO4S. The smallest absolute Gasteiger partial charge is 0.335 e. The molecule has 28 heavy (non-hydrogen) atoms. The summed E-state index contributed by atoms with van der Waals surface area (Å²) in [7, 11) is 1.38. The molecule has 1 aliphatic rings. The van der Waals surface area contributed by atoms with Crippen molar-refractivity contribution in [3.8, 4) is 5.75 Å². The number of ether oxygens (including phenoxy) is 3. The first-order valence-corrected chi connectivity index (χ1v) is 10.6. The molecule has 6 heteroatoms. The first-order chi connectivity index (χ1) is 13.7. The summed E-state index contributed by atoms with van der Waals surface area (Å²) in [6.45, 7) is 4.86. The Bertz CT molecular complexity index is 765. The number of nitrogens with zero attached hydrogens (tertiary/aromatic N) is 1. The summed E-state index contributed by atoms with van der Waals surface area (Å²) in [5.74, 6) is 1.59. The number of fused-ring (bicyclic) bond motifs is 1. The number of anilines is 1. The standard InChI is InChI=1S/C22H27NO4S/c1-3-26-20(22(24)25-2)16-17-8-10-18(11-9-17)27-14-12-23-13-15-28-21-7-5-4-6-19(21)23/h4-11,20H,3,12-16H2,1-2H3. The molecule has 5 nitrogen and oxygen atoms in total. The van der Waals surface area contributed by atoms with Crippen molar-refractivity contribution in [1.29, 1.82) is 0 Å². The Balaban J connectivity index is 1.50. The third kappa shape index (κ3) is 5.42. The lowest BCUT2D eigenvalue weighted by Crippen LogP contribution is -2.33. The maximum Gasteiger partial charge on any atom is 0.335 e. The molecule has 0 fully saturated rings. The molecular weight excluding hydrogens is 374 g/mol. The number of hydrogen-bond acceptors (Lipinski definition) is 6. The van der Waals surface area contributed by atoms with Crippen LogP contribution in [0, 0.1) is 0 Å². The highest BCUT2D eigenvalue weighted by Gasteiger charge is 2.20. The van der Waals surface area contributed by atoms with Crippen LogP contribution in [-0.4, -0.2) is 51.2 Å². The van der Waals surface area contributed by atoms with Gasteiger partial charge in [-0.25, -0.2) is 4.79 Å². The fourth-order valence-corrected chi connectivity index (χ4v) is 4.26. The molecule has 0 amide bonds. The zero-order chi connectivity index (χ0) is 19.8. The third-order valence-electron chi connectivity index (χ3n) is 4.63. The van der Waals surface area contributed by atoms with Gasteiger partial charge in [0.2, 0.25) is 0 Å². The molecule has 2 aromatic rings. The Morgan fingerprint density at radius 1 is 1.18 bits per heavy atom. The van der Waals surface area contributed by atoms with Crippen molar-refractivity contribution < 1.29 is 19.0 Å². The number of rotatable bonds is 9. The van der Waals surface area contributed by atoms with Gasteiger partial charge in [0, 0.05) is 30.2 Å². The summed E-state index contributed by atoms with van der Waals surface area (Å²) in [5, 5.41) is 0. The predicted octanol–water partition coefficient (Wildman–Crippen LogP) is 3.80. The van der Waals surface area contributed by atoms with Gasteiger partial charge in [0.1, 0.15) is 12.4 Å². The van der Waals surface area contributed by atoms with E-state index in [0.29, 0.717) is 19.6 Å². The lowest BCUT2D eigenvalue weighted by Gasteiger charge is -2.30. The van der Waals surface area contributed by atoms with E-state index in [9.17, 15) is 4.79 Å². The molecule has 2 aromatic carbocycles. The van der Waals surface area contributed by atoms with Crippen LogP contribution >= 0.6 is 11.8 Å². The Morgan fingerprint density at radius 3 is 2.71 bits per heavy atom. The van der Waals surface area contributed by atoms with E-state index in [4.69, 9.17) is 14.2 Å². The molecule has 0 aromatic heterocycles. The van der Waals surface area contributed by atoms with Gasteiger partial charge in [-0.3, -0.25) is 0 Å². The van der Waals surface area contributed by atoms with Crippen LogP contribution in [-0.2, 0) is 20.7 Å². The van der Waals surface area contributed by atoms with Crippen molar-refractivity contribution in [2.24, 2.45) is 0 Å². The van der Waals surface area contributed by atoms with E-state index in [1.54, 1.807) is 0 Å². The second-order valence-electron chi connectivity index (χ2n) is 6.47. The minimum absolute atomic E-state index is 0.345. The van der Waals surface area contributed by atoms with Gasteiger partial charge in [0.05, 0.1) is 19.3 Å². The van der Waals surface area contributed by atoms with Crippen molar-refractivity contribution in [2.75, 3.05) is 44.1 Å². The molecule has 1 atom stereocenters. The molecule has 0 saturated carbocycles. The monoisotopic (exact) mass is 401 g/mol. The third-order valence-corrected chi connectivity index (χ3v) is 5.67. The van der Waals surface area contributed by atoms with Gasteiger partial charge >= 0.3 is 5.97 Å². The minimum atomic E-state index is -0.571. The summed E-state index contributed by atoms with van der Waals surface area (Å²) in [4.78, 5) is 15.5. The summed E-state index contributed by atoms with van der Waals surface area (Å²) in [6, 6.07) is 16.3. The highest BCUT2D eigenvalue weighted by Crippen LogP contribution is 2.33. The highest BCUT2D eigenvalue weighted by atomic mass is 32.2. The van der Waals surface area contributed by atoms with Crippen molar-refractivity contribution in [2.45, 2.75) is 24.3 Å². The van der Waals surface area contributed by atoms with Crippen LogP contribution in [0.2, 0.25) is 0 Å². The molecule has 0 bridgehead atoms. The van der Waals surface area contributed by atoms with Gasteiger partial charge in [0.15, 0.2) is 6.10 Å². The van der Waals surface area contributed by atoms with E-state index in [0.717, 1.165) is 30.2 Å². The number of methoxy groups -OCH3 is 1. The van der Waals surface area contributed by atoms with E-state index in [2.05, 4.69) is 29.2 Å². The topological polar surface area (TPSA) is 48.0 Å². The number of hydrogen-bond donors (Lipinski definition) is 0. The molecule has 1 aliphatic heterocycles. The second-order valence-corrected chi connectivity index (χ2v) is 7.60. The van der Waals surface area contributed by atoms with Crippen LogP contribution in [0.5, 0.6) is 5.75 Å². The lowest BCUT2D eigenvalue weighted by molar-refractivity contribution is -0.153.